The Labute approximate surface area is 199 Å². The number of carbonyl (C=O) groups is 1. The molecule has 1 aliphatic rings. The van der Waals surface area contributed by atoms with Gasteiger partial charge in [0.1, 0.15) is 0 Å². The first-order valence-corrected chi connectivity index (χ1v) is 11.4. The predicted octanol–water partition coefficient (Wildman–Crippen LogP) is 4.56. The Morgan fingerprint density at radius 3 is 2.53 bits per heavy atom. The Balaban J connectivity index is 1.58. The smallest absolute Gasteiger partial charge is 0.254 e. The molecule has 4 aromatic rings. The first-order chi connectivity index (χ1) is 16.7. The van der Waals surface area contributed by atoms with Crippen molar-refractivity contribution in [2.24, 2.45) is 0 Å². The maximum Gasteiger partial charge on any atom is 0.254 e. The summed E-state index contributed by atoms with van der Waals surface area (Å²) in [6, 6.07) is 27.7. The molecule has 0 aliphatic carbocycles. The average molecular weight is 448 g/mol. The number of hydrogen-bond acceptors (Lipinski definition) is 4. The van der Waals surface area contributed by atoms with Gasteiger partial charge in [-0.15, -0.1) is 0 Å². The SMILES string of the molecule is N#Cc1ccc2c(c1)CN(C(=O)c1ccccc1)C(Cc1ccccc1)CN2Cc1cnc[nH]1. The van der Waals surface area contributed by atoms with Crippen LogP contribution in [0.5, 0.6) is 0 Å². The molecule has 5 rings (SSSR count). The summed E-state index contributed by atoms with van der Waals surface area (Å²) in [5.41, 5.74) is 5.45. The minimum atomic E-state index is -0.0593. The lowest BCUT2D eigenvalue weighted by molar-refractivity contribution is 0.0670. The number of hydrogen-bond donors (Lipinski definition) is 1. The Kier molecular flexibility index (Phi) is 6.09. The van der Waals surface area contributed by atoms with E-state index in [4.69, 9.17) is 0 Å². The van der Waals surface area contributed by atoms with Crippen molar-refractivity contribution in [1.29, 1.82) is 5.26 Å². The molecule has 1 N–H and O–H groups in total. The van der Waals surface area contributed by atoms with Crippen LogP contribution >= 0.6 is 0 Å². The fourth-order valence-electron chi connectivity index (χ4n) is 4.63. The van der Waals surface area contributed by atoms with Crippen LogP contribution in [0.3, 0.4) is 0 Å². The number of nitrogens with one attached hydrogen (secondary N) is 1. The molecule has 1 atom stereocenters. The molecule has 0 spiro atoms. The third-order valence-electron chi connectivity index (χ3n) is 6.27. The van der Waals surface area contributed by atoms with Gasteiger partial charge in [-0.1, -0.05) is 48.5 Å². The van der Waals surface area contributed by atoms with Crippen LogP contribution in [0.15, 0.2) is 91.4 Å². The second kappa shape index (κ2) is 9.63. The summed E-state index contributed by atoms with van der Waals surface area (Å²) in [6.45, 7) is 1.73. The highest BCUT2D eigenvalue weighted by molar-refractivity contribution is 5.94. The second-order valence-corrected chi connectivity index (χ2v) is 8.56. The third kappa shape index (κ3) is 4.55. The number of aromatic nitrogens is 2. The molecule has 0 radical (unpaired) electrons. The molecule has 6 nitrogen and oxygen atoms in total. The van der Waals surface area contributed by atoms with Crippen LogP contribution in [0.1, 0.15) is 32.7 Å². The van der Waals surface area contributed by atoms with Gasteiger partial charge in [-0.3, -0.25) is 4.79 Å². The van der Waals surface area contributed by atoms with Gasteiger partial charge in [-0.2, -0.15) is 5.26 Å². The van der Waals surface area contributed by atoms with Crippen LogP contribution in [0.25, 0.3) is 0 Å². The summed E-state index contributed by atoms with van der Waals surface area (Å²) < 4.78 is 0. The van der Waals surface area contributed by atoms with E-state index in [1.807, 2.05) is 77.8 Å². The number of aromatic amines is 1. The molecular weight excluding hydrogens is 422 g/mol. The number of imidazole rings is 1. The number of rotatable bonds is 5. The summed E-state index contributed by atoms with van der Waals surface area (Å²) in [6.07, 6.45) is 4.24. The molecule has 34 heavy (non-hydrogen) atoms. The van der Waals surface area contributed by atoms with Crippen molar-refractivity contribution in [3.63, 3.8) is 0 Å². The van der Waals surface area contributed by atoms with E-state index in [2.05, 4.69) is 33.1 Å². The van der Waals surface area contributed by atoms with Crippen molar-refractivity contribution in [2.75, 3.05) is 11.4 Å². The number of benzene rings is 3. The molecule has 0 bridgehead atoms. The van der Waals surface area contributed by atoms with E-state index in [-0.39, 0.29) is 11.9 Å². The molecule has 1 amide bonds. The number of nitrogens with zero attached hydrogens (tertiary/aromatic N) is 4. The maximum absolute atomic E-state index is 13.8. The topological polar surface area (TPSA) is 76.0 Å². The largest absolute Gasteiger partial charge is 0.363 e. The molecule has 168 valence electrons. The van der Waals surface area contributed by atoms with Gasteiger partial charge in [0.25, 0.3) is 5.91 Å². The Morgan fingerprint density at radius 2 is 1.82 bits per heavy atom. The zero-order valence-electron chi connectivity index (χ0n) is 18.8. The van der Waals surface area contributed by atoms with Crippen LogP contribution in [0.4, 0.5) is 5.69 Å². The summed E-state index contributed by atoms with van der Waals surface area (Å²) in [4.78, 5) is 25.4. The Morgan fingerprint density at radius 1 is 1.06 bits per heavy atom. The quantitative estimate of drug-likeness (QED) is 0.487. The summed E-state index contributed by atoms with van der Waals surface area (Å²) in [7, 11) is 0. The van der Waals surface area contributed by atoms with E-state index < -0.39 is 0 Å². The molecule has 1 unspecified atom stereocenters. The second-order valence-electron chi connectivity index (χ2n) is 8.56. The van der Waals surface area contributed by atoms with E-state index in [0.29, 0.717) is 30.8 Å². The van der Waals surface area contributed by atoms with E-state index in [0.717, 1.165) is 23.4 Å². The van der Waals surface area contributed by atoms with Crippen molar-refractivity contribution in [1.82, 2.24) is 14.9 Å². The van der Waals surface area contributed by atoms with Gasteiger partial charge in [0.2, 0.25) is 0 Å². The molecule has 0 saturated carbocycles. The van der Waals surface area contributed by atoms with Crippen LogP contribution < -0.4 is 4.90 Å². The normalized spacial score (nSPS) is 15.3. The molecule has 0 fully saturated rings. The van der Waals surface area contributed by atoms with Crippen LogP contribution in [0, 0.1) is 11.3 Å². The number of fused-ring (bicyclic) bond motifs is 1. The predicted molar refractivity (Wildman–Crippen MR) is 131 cm³/mol. The van der Waals surface area contributed by atoms with Gasteiger partial charge in [0.05, 0.1) is 36.2 Å². The van der Waals surface area contributed by atoms with Crippen molar-refractivity contribution in [2.45, 2.75) is 25.6 Å². The highest BCUT2D eigenvalue weighted by atomic mass is 16.2. The summed E-state index contributed by atoms with van der Waals surface area (Å²) in [5, 5.41) is 9.53. The lowest BCUT2D eigenvalue weighted by Crippen LogP contribution is -2.45. The number of carbonyl (C=O) groups excluding carboxylic acids is 1. The Hall–Kier alpha value is -4.37. The molecule has 1 aliphatic heterocycles. The van der Waals surface area contributed by atoms with Crippen molar-refractivity contribution < 1.29 is 4.79 Å². The van der Waals surface area contributed by atoms with Crippen LogP contribution in [-0.4, -0.2) is 33.4 Å². The van der Waals surface area contributed by atoms with Gasteiger partial charge < -0.3 is 14.8 Å². The zero-order chi connectivity index (χ0) is 23.3. The minimum Gasteiger partial charge on any atom is -0.363 e. The lowest BCUT2D eigenvalue weighted by atomic mass is 10.0. The Bertz CT molecular complexity index is 1300. The molecule has 6 heteroatoms. The van der Waals surface area contributed by atoms with Gasteiger partial charge in [0, 0.05) is 30.5 Å². The monoisotopic (exact) mass is 447 g/mol. The summed E-state index contributed by atoms with van der Waals surface area (Å²) >= 11 is 0. The highest BCUT2D eigenvalue weighted by Gasteiger charge is 2.32. The minimum absolute atomic E-state index is 0.00164. The third-order valence-corrected chi connectivity index (χ3v) is 6.27. The first kappa shape index (κ1) is 21.5. The van der Waals surface area contributed by atoms with Crippen molar-refractivity contribution >= 4 is 11.6 Å². The van der Waals surface area contributed by atoms with Crippen molar-refractivity contribution in [3.8, 4) is 6.07 Å². The maximum atomic E-state index is 13.8. The number of nitriles is 1. The molecule has 3 aromatic carbocycles. The highest BCUT2D eigenvalue weighted by Crippen LogP contribution is 2.31. The average Bonchev–Trinajstić information content (AvgIpc) is 3.35. The summed E-state index contributed by atoms with van der Waals surface area (Å²) in [5.74, 6) is -0.00164. The van der Waals surface area contributed by atoms with Crippen molar-refractivity contribution in [3.05, 3.63) is 119 Å². The van der Waals surface area contributed by atoms with Gasteiger partial charge in [-0.25, -0.2) is 4.98 Å². The molecule has 2 heterocycles. The number of amides is 1. The van der Waals surface area contributed by atoms with Crippen LogP contribution in [0.2, 0.25) is 0 Å². The molecule has 0 saturated heterocycles. The van der Waals surface area contributed by atoms with E-state index in [9.17, 15) is 10.1 Å². The van der Waals surface area contributed by atoms with Gasteiger partial charge in [0.15, 0.2) is 0 Å². The van der Waals surface area contributed by atoms with E-state index in [1.165, 1.54) is 5.56 Å². The molecular formula is C28H25N5O. The lowest BCUT2D eigenvalue weighted by Gasteiger charge is -2.33. The van der Waals surface area contributed by atoms with Crippen LogP contribution in [-0.2, 0) is 19.5 Å². The van der Waals surface area contributed by atoms with E-state index >= 15 is 0 Å². The first-order valence-electron chi connectivity index (χ1n) is 11.4. The van der Waals surface area contributed by atoms with Gasteiger partial charge >= 0.3 is 0 Å². The number of H-pyrrole nitrogens is 1. The fraction of sp³-hybridized carbons (Fsp3) is 0.179. The van der Waals surface area contributed by atoms with E-state index in [1.54, 1.807) is 6.33 Å². The number of anilines is 1. The molecule has 1 aromatic heterocycles. The standard InChI is InChI=1S/C28H25N5O/c29-15-22-11-12-27-24(13-22)17-33(28(34)23-9-5-2-6-10-23)26(14-21-7-3-1-4-8-21)19-32(27)18-25-16-30-20-31-25/h1-13,16,20,26H,14,17-19H2,(H,30,31). The van der Waals surface area contributed by atoms with Gasteiger partial charge in [-0.05, 0) is 47.9 Å². The zero-order valence-corrected chi connectivity index (χ0v) is 18.8. The fourth-order valence-corrected chi connectivity index (χ4v) is 4.63.